The molecule has 0 bridgehead atoms. The van der Waals surface area contributed by atoms with E-state index in [2.05, 4.69) is 15.2 Å². The molecule has 2 N–H and O–H groups in total. The minimum absolute atomic E-state index is 0.385. The lowest BCUT2D eigenvalue weighted by Gasteiger charge is -2.11. The quantitative estimate of drug-likeness (QED) is 0.731. The summed E-state index contributed by atoms with van der Waals surface area (Å²) in [6.45, 7) is 0. The van der Waals surface area contributed by atoms with Gasteiger partial charge in [0.1, 0.15) is 0 Å². The molecule has 1 atom stereocenters. The van der Waals surface area contributed by atoms with Crippen molar-refractivity contribution in [1.82, 2.24) is 15.1 Å². The summed E-state index contributed by atoms with van der Waals surface area (Å²) >= 11 is 0. The number of aryl methyl sites for hydroxylation is 1. The van der Waals surface area contributed by atoms with Crippen molar-refractivity contribution in [1.29, 1.82) is 0 Å². The lowest BCUT2D eigenvalue weighted by molar-refractivity contribution is -0.139. The van der Waals surface area contributed by atoms with Crippen LogP contribution in [0.2, 0.25) is 0 Å². The zero-order valence-corrected chi connectivity index (χ0v) is 8.30. The number of carboxylic acid groups (broad SMARTS) is 1. The maximum Gasteiger partial charge on any atom is 0.407 e. The summed E-state index contributed by atoms with van der Waals surface area (Å²) in [4.78, 5) is 21.7. The first-order chi connectivity index (χ1) is 7.04. The van der Waals surface area contributed by atoms with Gasteiger partial charge in [-0.25, -0.2) is 9.59 Å². The molecule has 0 aliphatic rings. The van der Waals surface area contributed by atoms with Crippen molar-refractivity contribution in [3.05, 3.63) is 18.0 Å². The van der Waals surface area contributed by atoms with Crippen LogP contribution in [0.4, 0.5) is 4.79 Å². The predicted molar refractivity (Wildman–Crippen MR) is 49.1 cm³/mol. The molecule has 1 amide bonds. The molecule has 7 nitrogen and oxygen atoms in total. The van der Waals surface area contributed by atoms with Gasteiger partial charge in [0.15, 0.2) is 6.04 Å². The van der Waals surface area contributed by atoms with Gasteiger partial charge in [0, 0.05) is 18.8 Å². The third-order valence-electron chi connectivity index (χ3n) is 1.75. The number of carbonyl (C=O) groups is 2. The zero-order chi connectivity index (χ0) is 11.4. The second-order valence-corrected chi connectivity index (χ2v) is 2.85. The van der Waals surface area contributed by atoms with Crippen LogP contribution >= 0.6 is 0 Å². The number of ether oxygens (including phenoxy) is 1. The smallest absolute Gasteiger partial charge is 0.407 e. The molecule has 0 aliphatic heterocycles. The van der Waals surface area contributed by atoms with Gasteiger partial charge >= 0.3 is 12.1 Å². The highest BCUT2D eigenvalue weighted by molar-refractivity contribution is 5.81. The number of hydrogen-bond acceptors (Lipinski definition) is 4. The van der Waals surface area contributed by atoms with E-state index in [-0.39, 0.29) is 0 Å². The van der Waals surface area contributed by atoms with Crippen LogP contribution < -0.4 is 5.32 Å². The Morgan fingerprint density at radius 2 is 2.33 bits per heavy atom. The third-order valence-corrected chi connectivity index (χ3v) is 1.75. The minimum atomic E-state index is -1.17. The van der Waals surface area contributed by atoms with Gasteiger partial charge in [-0.2, -0.15) is 5.10 Å². The Labute approximate surface area is 85.6 Å². The number of aliphatic carboxylic acids is 1. The first-order valence-corrected chi connectivity index (χ1v) is 4.10. The van der Waals surface area contributed by atoms with Gasteiger partial charge in [0.05, 0.1) is 13.3 Å². The van der Waals surface area contributed by atoms with Crippen LogP contribution in [0, 0.1) is 0 Å². The summed E-state index contributed by atoms with van der Waals surface area (Å²) in [7, 11) is 2.82. The van der Waals surface area contributed by atoms with Gasteiger partial charge in [-0.1, -0.05) is 0 Å². The Hall–Kier alpha value is -2.05. The highest BCUT2D eigenvalue weighted by atomic mass is 16.5. The second kappa shape index (κ2) is 4.45. The largest absolute Gasteiger partial charge is 0.479 e. The normalized spacial score (nSPS) is 11.9. The molecule has 1 aromatic rings. The number of amides is 1. The lowest BCUT2D eigenvalue weighted by Crippen LogP contribution is -2.33. The average molecular weight is 213 g/mol. The Morgan fingerprint density at radius 1 is 1.67 bits per heavy atom. The van der Waals surface area contributed by atoms with Gasteiger partial charge < -0.3 is 15.2 Å². The Morgan fingerprint density at radius 3 is 2.73 bits per heavy atom. The van der Waals surface area contributed by atoms with E-state index in [0.717, 1.165) is 7.11 Å². The molecule has 0 spiro atoms. The fourth-order valence-electron chi connectivity index (χ4n) is 1.05. The topological polar surface area (TPSA) is 93.4 Å². The molecule has 0 saturated carbocycles. The molecule has 1 heterocycles. The Balaban J connectivity index is 2.83. The molecule has 0 radical (unpaired) electrons. The maximum atomic E-state index is 10.9. The molecule has 0 saturated heterocycles. The monoisotopic (exact) mass is 213 g/mol. The number of methoxy groups -OCH3 is 1. The molecule has 1 rings (SSSR count). The van der Waals surface area contributed by atoms with Crippen molar-refractivity contribution >= 4 is 12.1 Å². The van der Waals surface area contributed by atoms with Crippen molar-refractivity contribution in [2.24, 2.45) is 7.05 Å². The van der Waals surface area contributed by atoms with Crippen LogP contribution in [0.1, 0.15) is 11.6 Å². The highest BCUT2D eigenvalue weighted by Gasteiger charge is 2.23. The van der Waals surface area contributed by atoms with E-state index < -0.39 is 18.1 Å². The fraction of sp³-hybridized carbons (Fsp3) is 0.375. The molecule has 1 aromatic heterocycles. The van der Waals surface area contributed by atoms with E-state index in [1.54, 1.807) is 7.05 Å². The number of alkyl carbamates (subject to hydrolysis) is 1. The van der Waals surface area contributed by atoms with Crippen molar-refractivity contribution in [3.63, 3.8) is 0 Å². The first-order valence-electron chi connectivity index (χ1n) is 4.10. The standard InChI is InChI=1S/C8H11N3O4/c1-11-4-5(3-9-11)6(7(12)13)10-8(14)15-2/h3-4,6H,1-2H3,(H,10,14)(H,12,13). The van der Waals surface area contributed by atoms with Crippen LogP contribution in [0.3, 0.4) is 0 Å². The van der Waals surface area contributed by atoms with Gasteiger partial charge in [-0.3, -0.25) is 4.68 Å². The zero-order valence-electron chi connectivity index (χ0n) is 8.30. The molecule has 1 unspecified atom stereocenters. The van der Waals surface area contributed by atoms with Gasteiger partial charge in [-0.15, -0.1) is 0 Å². The summed E-state index contributed by atoms with van der Waals surface area (Å²) in [5.41, 5.74) is 0.385. The van der Waals surface area contributed by atoms with E-state index in [0.29, 0.717) is 5.56 Å². The van der Waals surface area contributed by atoms with E-state index in [9.17, 15) is 9.59 Å². The van der Waals surface area contributed by atoms with Crippen LogP contribution in [0.5, 0.6) is 0 Å². The summed E-state index contributed by atoms with van der Waals surface area (Å²) in [5, 5.41) is 14.9. The number of rotatable bonds is 3. The molecule has 0 aromatic carbocycles. The SMILES string of the molecule is COC(=O)NC(C(=O)O)c1cnn(C)c1. The number of carbonyl (C=O) groups excluding carboxylic acids is 1. The van der Waals surface area contributed by atoms with Crippen LogP contribution in [-0.4, -0.2) is 34.1 Å². The predicted octanol–water partition coefficient (Wildman–Crippen LogP) is -0.0982. The molecule has 0 fully saturated rings. The van der Waals surface area contributed by atoms with Crippen molar-refractivity contribution in [2.45, 2.75) is 6.04 Å². The van der Waals surface area contributed by atoms with Crippen molar-refractivity contribution in [2.75, 3.05) is 7.11 Å². The molecule has 15 heavy (non-hydrogen) atoms. The fourth-order valence-corrected chi connectivity index (χ4v) is 1.05. The Bertz CT molecular complexity index is 374. The average Bonchev–Trinajstić information content (AvgIpc) is 2.60. The van der Waals surface area contributed by atoms with Crippen LogP contribution in [0.15, 0.2) is 12.4 Å². The maximum absolute atomic E-state index is 10.9. The van der Waals surface area contributed by atoms with Crippen LogP contribution in [-0.2, 0) is 16.6 Å². The van der Waals surface area contributed by atoms with Crippen molar-refractivity contribution < 1.29 is 19.4 Å². The molecular weight excluding hydrogens is 202 g/mol. The second-order valence-electron chi connectivity index (χ2n) is 2.85. The molecule has 0 aliphatic carbocycles. The highest BCUT2D eigenvalue weighted by Crippen LogP contribution is 2.11. The first kappa shape index (κ1) is 11.0. The third kappa shape index (κ3) is 2.70. The van der Waals surface area contributed by atoms with Gasteiger partial charge in [0.2, 0.25) is 0 Å². The van der Waals surface area contributed by atoms with Crippen LogP contribution in [0.25, 0.3) is 0 Å². The van der Waals surface area contributed by atoms with Gasteiger partial charge in [-0.05, 0) is 0 Å². The molecule has 82 valence electrons. The van der Waals surface area contributed by atoms with Gasteiger partial charge in [0.25, 0.3) is 0 Å². The lowest BCUT2D eigenvalue weighted by atomic mass is 10.2. The number of hydrogen-bond donors (Lipinski definition) is 2. The number of nitrogens with zero attached hydrogens (tertiary/aromatic N) is 2. The van der Waals surface area contributed by atoms with E-state index >= 15 is 0 Å². The summed E-state index contributed by atoms with van der Waals surface area (Å²) < 4.78 is 5.77. The molecule has 7 heteroatoms. The summed E-state index contributed by atoms with van der Waals surface area (Å²) in [5.74, 6) is -1.17. The number of nitrogens with one attached hydrogen (secondary N) is 1. The molecular formula is C8H11N3O4. The minimum Gasteiger partial charge on any atom is -0.479 e. The summed E-state index contributed by atoms with van der Waals surface area (Å²) in [6.07, 6.45) is 2.08. The number of aromatic nitrogens is 2. The van der Waals surface area contributed by atoms with E-state index in [1.807, 2.05) is 0 Å². The Kier molecular flexibility index (Phi) is 3.27. The van der Waals surface area contributed by atoms with E-state index in [4.69, 9.17) is 5.11 Å². The van der Waals surface area contributed by atoms with E-state index in [1.165, 1.54) is 17.1 Å². The number of carboxylic acids is 1. The summed E-state index contributed by atoms with van der Waals surface area (Å²) in [6, 6.07) is -1.15. The van der Waals surface area contributed by atoms with Crippen molar-refractivity contribution in [3.8, 4) is 0 Å².